The first-order valence-electron chi connectivity index (χ1n) is 9.58. The molecule has 0 unspecified atom stereocenters. The van der Waals surface area contributed by atoms with E-state index in [2.05, 4.69) is 0 Å². The van der Waals surface area contributed by atoms with Crippen LogP contribution in [0.5, 0.6) is 11.5 Å². The maximum Gasteiger partial charge on any atom is 0.278 e. The zero-order valence-electron chi connectivity index (χ0n) is 17.4. The number of carbonyl (C=O) groups is 2. The SMILES string of the molecule is COc1c(Cl)cc(OCC=C(Cl)Cl)cc1C(=O)N(N)C(=O)CCCOCc1ccccc1. The maximum atomic E-state index is 12.8. The third kappa shape index (κ3) is 8.00. The van der Waals surface area contributed by atoms with Crippen LogP contribution in [0.25, 0.3) is 0 Å². The van der Waals surface area contributed by atoms with Crippen molar-refractivity contribution in [2.45, 2.75) is 19.4 Å². The molecule has 2 aromatic rings. The number of benzene rings is 2. The molecule has 0 heterocycles. The van der Waals surface area contributed by atoms with Gasteiger partial charge in [0.25, 0.3) is 5.91 Å². The lowest BCUT2D eigenvalue weighted by Gasteiger charge is -2.18. The first kappa shape index (κ1) is 26.0. The smallest absolute Gasteiger partial charge is 0.278 e. The lowest BCUT2D eigenvalue weighted by atomic mass is 10.1. The van der Waals surface area contributed by atoms with Crippen LogP contribution in [0.15, 0.2) is 53.0 Å². The molecule has 0 atom stereocenters. The molecule has 10 heteroatoms. The van der Waals surface area contributed by atoms with Gasteiger partial charge in [-0.2, -0.15) is 0 Å². The number of carbonyl (C=O) groups excluding carboxylic acids is 2. The predicted octanol–water partition coefficient (Wildman–Crippen LogP) is 4.89. The second-order valence-electron chi connectivity index (χ2n) is 6.50. The Morgan fingerprint density at radius 3 is 2.53 bits per heavy atom. The average molecular weight is 502 g/mol. The third-order valence-electron chi connectivity index (χ3n) is 4.22. The van der Waals surface area contributed by atoms with Crippen molar-refractivity contribution in [1.82, 2.24) is 5.01 Å². The van der Waals surface area contributed by atoms with Crippen LogP contribution in [0, 0.1) is 0 Å². The highest BCUT2D eigenvalue weighted by molar-refractivity contribution is 6.55. The standard InChI is InChI=1S/C22H23Cl3N2O5/c1-30-21-17(12-16(13-18(21)23)32-11-9-19(24)25)22(29)27(26)20(28)8-5-10-31-14-15-6-3-2-4-7-15/h2-4,6-7,9,12-13H,5,8,10-11,14,26H2,1H3. The number of nitrogens with zero attached hydrogens (tertiary/aromatic N) is 1. The maximum absolute atomic E-state index is 12.8. The number of halogens is 3. The highest BCUT2D eigenvalue weighted by atomic mass is 35.5. The Morgan fingerprint density at radius 2 is 1.88 bits per heavy atom. The van der Waals surface area contributed by atoms with Crippen LogP contribution in [0.4, 0.5) is 0 Å². The highest BCUT2D eigenvalue weighted by Crippen LogP contribution is 2.34. The van der Waals surface area contributed by atoms with Crippen LogP contribution in [0.1, 0.15) is 28.8 Å². The first-order valence-corrected chi connectivity index (χ1v) is 10.7. The van der Waals surface area contributed by atoms with Crippen molar-refractivity contribution in [2.75, 3.05) is 20.3 Å². The summed E-state index contributed by atoms with van der Waals surface area (Å²) < 4.78 is 16.2. The topological polar surface area (TPSA) is 91.1 Å². The van der Waals surface area contributed by atoms with E-state index < -0.39 is 11.8 Å². The van der Waals surface area contributed by atoms with E-state index in [9.17, 15) is 9.59 Å². The summed E-state index contributed by atoms with van der Waals surface area (Å²) >= 11 is 17.3. The lowest BCUT2D eigenvalue weighted by molar-refractivity contribution is -0.129. The van der Waals surface area contributed by atoms with Crippen molar-refractivity contribution in [3.8, 4) is 11.5 Å². The molecule has 0 aliphatic heterocycles. The molecule has 0 aliphatic rings. The Balaban J connectivity index is 1.96. The van der Waals surface area contributed by atoms with Crippen molar-refractivity contribution in [3.63, 3.8) is 0 Å². The van der Waals surface area contributed by atoms with Gasteiger partial charge < -0.3 is 14.2 Å². The largest absolute Gasteiger partial charge is 0.494 e. The van der Waals surface area contributed by atoms with E-state index in [-0.39, 0.29) is 39.6 Å². The number of ether oxygens (including phenoxy) is 3. The molecule has 0 saturated carbocycles. The van der Waals surface area contributed by atoms with Gasteiger partial charge in [0.05, 0.1) is 24.3 Å². The number of imide groups is 1. The molecule has 0 spiro atoms. The van der Waals surface area contributed by atoms with E-state index in [0.29, 0.717) is 24.6 Å². The van der Waals surface area contributed by atoms with Crippen LogP contribution in [-0.4, -0.2) is 37.1 Å². The molecule has 172 valence electrons. The number of amides is 2. The summed E-state index contributed by atoms with van der Waals surface area (Å²) in [6.07, 6.45) is 1.85. The normalized spacial score (nSPS) is 10.4. The Labute approximate surface area is 201 Å². The molecule has 2 amide bonds. The molecule has 0 fully saturated rings. The number of hydrazine groups is 1. The van der Waals surface area contributed by atoms with Gasteiger partial charge in [0, 0.05) is 19.1 Å². The number of hydrogen-bond donors (Lipinski definition) is 1. The summed E-state index contributed by atoms with van der Waals surface area (Å²) in [7, 11) is 1.35. The van der Waals surface area contributed by atoms with Gasteiger partial charge in [0.1, 0.15) is 16.8 Å². The molecule has 7 nitrogen and oxygen atoms in total. The van der Waals surface area contributed by atoms with Crippen LogP contribution >= 0.6 is 34.8 Å². The van der Waals surface area contributed by atoms with Gasteiger partial charge in [0.2, 0.25) is 5.91 Å². The van der Waals surface area contributed by atoms with E-state index >= 15 is 0 Å². The van der Waals surface area contributed by atoms with Crippen molar-refractivity contribution in [2.24, 2.45) is 5.84 Å². The third-order valence-corrected chi connectivity index (χ3v) is 4.81. The Morgan fingerprint density at radius 1 is 1.16 bits per heavy atom. The summed E-state index contributed by atoms with van der Waals surface area (Å²) in [6, 6.07) is 12.5. The molecule has 2 N–H and O–H groups in total. The second kappa shape index (κ2) is 13.3. The van der Waals surface area contributed by atoms with Crippen molar-refractivity contribution < 1.29 is 23.8 Å². The summed E-state index contributed by atoms with van der Waals surface area (Å²) in [5.74, 6) is 4.74. The molecule has 0 bridgehead atoms. The van der Waals surface area contributed by atoms with Crippen LogP contribution in [0.3, 0.4) is 0 Å². The zero-order valence-corrected chi connectivity index (χ0v) is 19.6. The molecule has 2 aromatic carbocycles. The molecule has 0 radical (unpaired) electrons. The second-order valence-corrected chi connectivity index (χ2v) is 7.92. The fourth-order valence-electron chi connectivity index (χ4n) is 2.67. The van der Waals surface area contributed by atoms with Crippen LogP contribution in [0.2, 0.25) is 5.02 Å². The van der Waals surface area contributed by atoms with Gasteiger partial charge in [-0.3, -0.25) is 9.59 Å². The molecule has 32 heavy (non-hydrogen) atoms. The van der Waals surface area contributed by atoms with Gasteiger partial charge in [-0.05, 0) is 24.1 Å². The number of rotatable bonds is 11. The zero-order chi connectivity index (χ0) is 23.5. The van der Waals surface area contributed by atoms with E-state index in [4.69, 9.17) is 54.9 Å². The monoisotopic (exact) mass is 500 g/mol. The first-order chi connectivity index (χ1) is 15.3. The summed E-state index contributed by atoms with van der Waals surface area (Å²) in [5.41, 5.74) is 1.01. The minimum absolute atomic E-state index is 0.0212. The van der Waals surface area contributed by atoms with Gasteiger partial charge in [-0.15, -0.1) is 0 Å². The minimum Gasteiger partial charge on any atom is -0.494 e. The van der Waals surface area contributed by atoms with Crippen LogP contribution < -0.4 is 15.3 Å². The van der Waals surface area contributed by atoms with Crippen molar-refractivity contribution in [1.29, 1.82) is 0 Å². The Kier molecular flexibility index (Phi) is 10.8. The van der Waals surface area contributed by atoms with E-state index in [0.717, 1.165) is 5.56 Å². The van der Waals surface area contributed by atoms with Crippen molar-refractivity contribution in [3.05, 3.63) is 69.2 Å². The summed E-state index contributed by atoms with van der Waals surface area (Å²) in [5, 5.41) is 0.648. The van der Waals surface area contributed by atoms with Gasteiger partial charge in [-0.25, -0.2) is 10.9 Å². The van der Waals surface area contributed by atoms with E-state index in [1.165, 1.54) is 25.3 Å². The molecule has 0 saturated heterocycles. The van der Waals surface area contributed by atoms with Gasteiger partial charge in [0.15, 0.2) is 5.75 Å². The molecular formula is C22H23Cl3N2O5. The van der Waals surface area contributed by atoms with Crippen LogP contribution in [-0.2, 0) is 16.1 Å². The fraction of sp³-hybridized carbons (Fsp3) is 0.273. The molecule has 2 rings (SSSR count). The molecule has 0 aromatic heterocycles. The molecule has 0 aliphatic carbocycles. The Bertz CT molecular complexity index is 950. The van der Waals surface area contributed by atoms with Gasteiger partial charge >= 0.3 is 0 Å². The van der Waals surface area contributed by atoms with Crippen molar-refractivity contribution >= 4 is 46.6 Å². The fourth-order valence-corrected chi connectivity index (χ4v) is 3.08. The quantitative estimate of drug-likeness (QED) is 0.204. The van der Waals surface area contributed by atoms with Gasteiger partial charge in [-0.1, -0.05) is 65.1 Å². The number of nitrogens with two attached hydrogens (primary N) is 1. The predicted molar refractivity (Wildman–Crippen MR) is 124 cm³/mol. The highest BCUT2D eigenvalue weighted by Gasteiger charge is 2.25. The number of hydrogen-bond acceptors (Lipinski definition) is 6. The Hall–Kier alpha value is -2.29. The molecular weight excluding hydrogens is 479 g/mol. The van der Waals surface area contributed by atoms with E-state index in [1.807, 2.05) is 30.3 Å². The lowest BCUT2D eigenvalue weighted by Crippen LogP contribution is -2.42. The summed E-state index contributed by atoms with van der Waals surface area (Å²) in [4.78, 5) is 25.2. The number of methoxy groups -OCH3 is 1. The average Bonchev–Trinajstić information content (AvgIpc) is 2.77. The minimum atomic E-state index is -0.782. The van der Waals surface area contributed by atoms with E-state index in [1.54, 1.807) is 0 Å². The summed E-state index contributed by atoms with van der Waals surface area (Å²) in [6.45, 7) is 0.831.